The van der Waals surface area contributed by atoms with Crippen LogP contribution in [-0.2, 0) is 0 Å². The molecule has 0 radical (unpaired) electrons. The molecule has 134 valence electrons. The summed E-state index contributed by atoms with van der Waals surface area (Å²) in [6.45, 7) is 2.96. The molecular weight excluding hydrogens is 316 g/mol. The van der Waals surface area contributed by atoms with Crippen LogP contribution in [-0.4, -0.2) is 54.4 Å². The minimum atomic E-state index is -0.208. The SMILES string of the molecule is N#Cc1ccccc1N1CCCN(C(=O)NC2CCC(O)CC2)CC1. The van der Waals surface area contributed by atoms with Crippen molar-refractivity contribution in [3.63, 3.8) is 0 Å². The predicted molar refractivity (Wildman–Crippen MR) is 96.4 cm³/mol. The molecule has 1 aliphatic heterocycles. The van der Waals surface area contributed by atoms with Gasteiger partial charge in [-0.3, -0.25) is 0 Å². The maximum Gasteiger partial charge on any atom is 0.317 e. The van der Waals surface area contributed by atoms with Crippen molar-refractivity contribution in [2.75, 3.05) is 31.1 Å². The zero-order valence-corrected chi connectivity index (χ0v) is 14.5. The smallest absolute Gasteiger partial charge is 0.317 e. The van der Waals surface area contributed by atoms with Crippen LogP contribution in [0.3, 0.4) is 0 Å². The third-order valence-corrected chi connectivity index (χ3v) is 5.17. The van der Waals surface area contributed by atoms with Crippen molar-refractivity contribution < 1.29 is 9.90 Å². The van der Waals surface area contributed by atoms with Gasteiger partial charge in [-0.2, -0.15) is 5.26 Å². The molecule has 2 fully saturated rings. The highest BCUT2D eigenvalue weighted by Gasteiger charge is 2.25. The van der Waals surface area contributed by atoms with Crippen molar-refractivity contribution in [3.05, 3.63) is 29.8 Å². The lowest BCUT2D eigenvalue weighted by Gasteiger charge is -2.29. The molecule has 1 heterocycles. The quantitative estimate of drug-likeness (QED) is 0.862. The van der Waals surface area contributed by atoms with Crippen molar-refractivity contribution in [2.45, 2.75) is 44.2 Å². The average molecular weight is 342 g/mol. The molecular formula is C19H26N4O2. The van der Waals surface area contributed by atoms with Gasteiger partial charge in [-0.15, -0.1) is 0 Å². The maximum absolute atomic E-state index is 12.5. The number of hydrogen-bond donors (Lipinski definition) is 2. The molecule has 1 aromatic rings. The zero-order chi connectivity index (χ0) is 17.6. The summed E-state index contributed by atoms with van der Waals surface area (Å²) in [7, 11) is 0. The first kappa shape index (κ1) is 17.6. The summed E-state index contributed by atoms with van der Waals surface area (Å²) in [5.41, 5.74) is 1.63. The third kappa shape index (κ3) is 4.43. The summed E-state index contributed by atoms with van der Waals surface area (Å²) in [4.78, 5) is 16.6. The number of nitrogens with one attached hydrogen (secondary N) is 1. The lowest BCUT2D eigenvalue weighted by molar-refractivity contribution is 0.115. The molecule has 0 spiro atoms. The van der Waals surface area contributed by atoms with E-state index in [0.717, 1.165) is 57.4 Å². The van der Waals surface area contributed by atoms with Gasteiger partial charge in [0.2, 0.25) is 0 Å². The van der Waals surface area contributed by atoms with E-state index < -0.39 is 0 Å². The van der Waals surface area contributed by atoms with Crippen LogP contribution in [0.1, 0.15) is 37.7 Å². The maximum atomic E-state index is 12.5. The number of rotatable bonds is 2. The summed E-state index contributed by atoms with van der Waals surface area (Å²) < 4.78 is 0. The van der Waals surface area contributed by atoms with Crippen LogP contribution >= 0.6 is 0 Å². The van der Waals surface area contributed by atoms with Gasteiger partial charge in [0.15, 0.2) is 0 Å². The molecule has 0 atom stereocenters. The molecule has 3 rings (SSSR count). The van der Waals surface area contributed by atoms with Crippen LogP contribution in [0.5, 0.6) is 0 Å². The van der Waals surface area contributed by atoms with Crippen LogP contribution < -0.4 is 10.2 Å². The Hall–Kier alpha value is -2.26. The highest BCUT2D eigenvalue weighted by Crippen LogP contribution is 2.22. The number of carbonyl (C=O) groups excluding carboxylic acids is 1. The number of hydrogen-bond acceptors (Lipinski definition) is 4. The van der Waals surface area contributed by atoms with E-state index in [-0.39, 0.29) is 18.2 Å². The number of amides is 2. The molecule has 1 saturated heterocycles. The Morgan fingerprint density at radius 3 is 2.64 bits per heavy atom. The van der Waals surface area contributed by atoms with Gasteiger partial charge in [0, 0.05) is 32.2 Å². The van der Waals surface area contributed by atoms with E-state index in [1.807, 2.05) is 29.2 Å². The molecule has 6 heteroatoms. The van der Waals surface area contributed by atoms with Gasteiger partial charge in [0.1, 0.15) is 6.07 Å². The fourth-order valence-corrected chi connectivity index (χ4v) is 3.69. The molecule has 1 aromatic carbocycles. The number of urea groups is 1. The summed E-state index contributed by atoms with van der Waals surface area (Å²) in [5, 5.41) is 22.0. The minimum Gasteiger partial charge on any atom is -0.393 e. The topological polar surface area (TPSA) is 79.6 Å². The van der Waals surface area contributed by atoms with Gasteiger partial charge in [-0.25, -0.2) is 4.79 Å². The van der Waals surface area contributed by atoms with Gasteiger partial charge in [-0.1, -0.05) is 12.1 Å². The molecule has 1 saturated carbocycles. The number of carbonyl (C=O) groups is 1. The molecule has 0 unspecified atom stereocenters. The first-order valence-corrected chi connectivity index (χ1v) is 9.15. The normalized spacial score (nSPS) is 24.3. The molecule has 1 aliphatic carbocycles. The second-order valence-corrected chi connectivity index (χ2v) is 6.91. The monoisotopic (exact) mass is 342 g/mol. The highest BCUT2D eigenvalue weighted by atomic mass is 16.3. The predicted octanol–water partition coefficient (Wildman–Crippen LogP) is 2.08. The molecule has 6 nitrogen and oxygen atoms in total. The van der Waals surface area contributed by atoms with Crippen LogP contribution in [0.25, 0.3) is 0 Å². The molecule has 25 heavy (non-hydrogen) atoms. The minimum absolute atomic E-state index is 0.00296. The van der Waals surface area contributed by atoms with E-state index in [2.05, 4.69) is 16.3 Å². The number of anilines is 1. The van der Waals surface area contributed by atoms with Crippen LogP contribution in [0.4, 0.5) is 10.5 Å². The summed E-state index contributed by atoms with van der Waals surface area (Å²) >= 11 is 0. The lowest BCUT2D eigenvalue weighted by atomic mass is 9.93. The Balaban J connectivity index is 1.56. The highest BCUT2D eigenvalue weighted by molar-refractivity contribution is 5.74. The Labute approximate surface area is 149 Å². The molecule has 2 N–H and O–H groups in total. The number of nitrogens with zero attached hydrogens (tertiary/aromatic N) is 3. The fourth-order valence-electron chi connectivity index (χ4n) is 3.69. The van der Waals surface area contributed by atoms with E-state index in [1.165, 1.54) is 0 Å². The van der Waals surface area contributed by atoms with E-state index in [1.54, 1.807) is 0 Å². The largest absolute Gasteiger partial charge is 0.393 e. The van der Waals surface area contributed by atoms with Crippen LogP contribution in [0.2, 0.25) is 0 Å². The Morgan fingerprint density at radius 2 is 1.88 bits per heavy atom. The van der Waals surface area contributed by atoms with Crippen molar-refractivity contribution >= 4 is 11.7 Å². The molecule has 0 bridgehead atoms. The van der Waals surface area contributed by atoms with E-state index in [4.69, 9.17) is 0 Å². The number of benzene rings is 1. The second-order valence-electron chi connectivity index (χ2n) is 6.91. The second kappa shape index (κ2) is 8.21. The van der Waals surface area contributed by atoms with E-state index in [0.29, 0.717) is 12.1 Å². The van der Waals surface area contributed by atoms with Gasteiger partial charge in [0.25, 0.3) is 0 Å². The third-order valence-electron chi connectivity index (χ3n) is 5.17. The fraction of sp³-hybridized carbons (Fsp3) is 0.579. The number of nitriles is 1. The Bertz CT molecular complexity index is 635. The van der Waals surface area contributed by atoms with Gasteiger partial charge >= 0.3 is 6.03 Å². The summed E-state index contributed by atoms with van der Waals surface area (Å²) in [6.07, 6.45) is 3.91. The number of para-hydroxylation sites is 1. The Morgan fingerprint density at radius 1 is 1.12 bits per heavy atom. The molecule has 0 aromatic heterocycles. The van der Waals surface area contributed by atoms with Crippen molar-refractivity contribution in [3.8, 4) is 6.07 Å². The van der Waals surface area contributed by atoms with Gasteiger partial charge < -0.3 is 20.2 Å². The van der Waals surface area contributed by atoms with Gasteiger partial charge in [0.05, 0.1) is 17.4 Å². The van der Waals surface area contributed by atoms with E-state index in [9.17, 15) is 15.2 Å². The van der Waals surface area contributed by atoms with Crippen LogP contribution in [0, 0.1) is 11.3 Å². The van der Waals surface area contributed by atoms with Crippen LogP contribution in [0.15, 0.2) is 24.3 Å². The number of aliphatic hydroxyl groups is 1. The first-order valence-electron chi connectivity index (χ1n) is 9.15. The standard InChI is InChI=1S/C19H26N4O2/c20-14-15-4-1-2-5-18(15)22-10-3-11-23(13-12-22)19(25)21-16-6-8-17(24)9-7-16/h1-2,4-5,16-17,24H,3,6-13H2,(H,21,25). The summed E-state index contributed by atoms with van der Waals surface area (Å²) in [5.74, 6) is 0. The average Bonchev–Trinajstić information content (AvgIpc) is 2.90. The van der Waals surface area contributed by atoms with Crippen molar-refractivity contribution in [1.82, 2.24) is 10.2 Å². The summed E-state index contributed by atoms with van der Waals surface area (Å²) in [6, 6.07) is 10.1. The van der Waals surface area contributed by atoms with Crippen molar-refractivity contribution in [1.29, 1.82) is 5.26 Å². The zero-order valence-electron chi connectivity index (χ0n) is 14.5. The molecule has 2 amide bonds. The van der Waals surface area contributed by atoms with Crippen molar-refractivity contribution in [2.24, 2.45) is 0 Å². The van der Waals surface area contributed by atoms with E-state index >= 15 is 0 Å². The molecule has 2 aliphatic rings. The first-order chi connectivity index (χ1) is 12.2. The Kier molecular flexibility index (Phi) is 5.77. The van der Waals surface area contributed by atoms with Gasteiger partial charge in [-0.05, 0) is 44.2 Å². The number of aliphatic hydroxyl groups excluding tert-OH is 1. The lowest BCUT2D eigenvalue weighted by Crippen LogP contribution is -2.47.